The van der Waals surface area contributed by atoms with Crippen LogP contribution in [-0.2, 0) is 5.41 Å². The largest absolute Gasteiger partial charge is 0.408 e. The molecule has 1 atom stereocenters. The summed E-state index contributed by atoms with van der Waals surface area (Å²) in [7, 11) is 0. The molecular formula is C15H11F3N2O2S. The fourth-order valence-electron chi connectivity index (χ4n) is 2.86. The molecule has 3 aromatic rings. The third-order valence-corrected chi connectivity index (χ3v) is 4.60. The number of aromatic nitrogens is 1. The summed E-state index contributed by atoms with van der Waals surface area (Å²) < 4.78 is 42.2. The molecule has 1 aromatic carbocycles. The van der Waals surface area contributed by atoms with E-state index in [1.165, 1.54) is 29.1 Å². The molecule has 0 aliphatic heterocycles. The minimum atomic E-state index is -4.81. The SMILES string of the molecule is O=[N+]([O-])C[C@@](c1ccsc1)(c1c[nH]c2ccccc12)C(F)(F)F. The molecular weight excluding hydrogens is 329 g/mol. The standard InChI is InChI=1S/C15H11F3N2O2S/c16-15(17,18)14(9-20(21)22,10-5-6-23-8-10)12-7-19-13-4-2-1-3-11(12)13/h1-8,19H,9H2/t14-/m1/s1. The fraction of sp³-hybridized carbons (Fsp3) is 0.200. The monoisotopic (exact) mass is 340 g/mol. The Hall–Kier alpha value is -2.35. The Morgan fingerprint density at radius 3 is 2.57 bits per heavy atom. The lowest BCUT2D eigenvalue weighted by Gasteiger charge is -2.31. The maximum Gasteiger partial charge on any atom is 0.408 e. The number of benzene rings is 1. The van der Waals surface area contributed by atoms with Gasteiger partial charge >= 0.3 is 6.18 Å². The van der Waals surface area contributed by atoms with E-state index in [4.69, 9.17) is 0 Å². The molecule has 0 amide bonds. The average molecular weight is 340 g/mol. The molecule has 0 saturated heterocycles. The molecule has 2 heterocycles. The first-order chi connectivity index (χ1) is 10.9. The molecule has 1 N–H and O–H groups in total. The summed E-state index contributed by atoms with van der Waals surface area (Å²) in [6.45, 7) is -1.25. The number of para-hydroxylation sites is 1. The van der Waals surface area contributed by atoms with Gasteiger partial charge in [-0.2, -0.15) is 24.5 Å². The van der Waals surface area contributed by atoms with Crippen LogP contribution in [0.2, 0.25) is 0 Å². The van der Waals surface area contributed by atoms with Crippen molar-refractivity contribution in [3.63, 3.8) is 0 Å². The summed E-state index contributed by atoms with van der Waals surface area (Å²) in [5.74, 6) is 0. The minimum absolute atomic E-state index is 0.114. The highest BCUT2D eigenvalue weighted by atomic mass is 32.1. The van der Waals surface area contributed by atoms with Gasteiger partial charge in [0.25, 0.3) is 0 Å². The number of nitrogens with zero attached hydrogens (tertiary/aromatic N) is 1. The number of H-pyrrole nitrogens is 1. The lowest BCUT2D eigenvalue weighted by Crippen LogP contribution is -2.48. The number of rotatable bonds is 4. The topological polar surface area (TPSA) is 58.9 Å². The highest BCUT2D eigenvalue weighted by Gasteiger charge is 2.62. The van der Waals surface area contributed by atoms with Crippen molar-refractivity contribution in [2.75, 3.05) is 6.54 Å². The Balaban J connectivity index is 2.37. The number of nitro groups is 1. The Morgan fingerprint density at radius 1 is 1.22 bits per heavy atom. The summed E-state index contributed by atoms with van der Waals surface area (Å²) >= 11 is 1.08. The number of alkyl halides is 3. The van der Waals surface area contributed by atoms with E-state index in [1.807, 2.05) is 0 Å². The number of halogens is 3. The van der Waals surface area contributed by atoms with Crippen molar-refractivity contribution in [2.45, 2.75) is 11.6 Å². The van der Waals surface area contributed by atoms with Crippen molar-refractivity contribution in [2.24, 2.45) is 0 Å². The van der Waals surface area contributed by atoms with Crippen molar-refractivity contribution in [1.82, 2.24) is 4.98 Å². The zero-order valence-corrected chi connectivity index (χ0v) is 12.4. The van der Waals surface area contributed by atoms with Gasteiger partial charge in [-0.15, -0.1) is 0 Å². The molecule has 120 valence electrons. The predicted molar refractivity (Wildman–Crippen MR) is 81.3 cm³/mol. The zero-order valence-electron chi connectivity index (χ0n) is 11.6. The first-order valence-electron chi connectivity index (χ1n) is 6.64. The third-order valence-electron chi connectivity index (χ3n) is 3.91. The molecule has 0 saturated carbocycles. The molecule has 0 fully saturated rings. The van der Waals surface area contributed by atoms with Gasteiger partial charge in [0.05, 0.1) is 0 Å². The van der Waals surface area contributed by atoms with E-state index in [0.717, 1.165) is 11.3 Å². The van der Waals surface area contributed by atoms with Gasteiger partial charge in [0, 0.05) is 27.6 Å². The quantitative estimate of drug-likeness (QED) is 0.567. The van der Waals surface area contributed by atoms with Crippen LogP contribution < -0.4 is 0 Å². The highest BCUT2D eigenvalue weighted by Crippen LogP contribution is 2.49. The van der Waals surface area contributed by atoms with Crippen LogP contribution in [-0.4, -0.2) is 22.6 Å². The van der Waals surface area contributed by atoms with Crippen molar-refractivity contribution in [3.05, 3.63) is 68.5 Å². The lowest BCUT2D eigenvalue weighted by molar-refractivity contribution is -0.498. The van der Waals surface area contributed by atoms with Gasteiger partial charge in [-0.1, -0.05) is 18.2 Å². The summed E-state index contributed by atoms with van der Waals surface area (Å²) in [6.07, 6.45) is -3.59. The molecule has 0 aliphatic rings. The molecule has 0 bridgehead atoms. The number of nitrogens with one attached hydrogen (secondary N) is 1. The molecule has 0 aliphatic carbocycles. The summed E-state index contributed by atoms with van der Waals surface area (Å²) in [5, 5.41) is 14.2. The average Bonchev–Trinajstić information content (AvgIpc) is 3.13. The second-order valence-electron chi connectivity index (χ2n) is 5.15. The Labute approximate surface area is 132 Å². The molecule has 23 heavy (non-hydrogen) atoms. The first kappa shape index (κ1) is 15.5. The molecule has 0 spiro atoms. The minimum Gasteiger partial charge on any atom is -0.361 e. The van der Waals surface area contributed by atoms with E-state index in [9.17, 15) is 23.3 Å². The van der Waals surface area contributed by atoms with E-state index in [1.54, 1.807) is 18.2 Å². The maximum absolute atomic E-state index is 14.1. The second-order valence-corrected chi connectivity index (χ2v) is 5.93. The van der Waals surface area contributed by atoms with Crippen LogP contribution in [0.15, 0.2) is 47.3 Å². The molecule has 3 rings (SSSR count). The first-order valence-corrected chi connectivity index (χ1v) is 7.58. The summed E-state index contributed by atoms with van der Waals surface area (Å²) in [5.41, 5.74) is -2.42. The van der Waals surface area contributed by atoms with Crippen LogP contribution in [0.5, 0.6) is 0 Å². The van der Waals surface area contributed by atoms with Crippen LogP contribution in [0.25, 0.3) is 10.9 Å². The maximum atomic E-state index is 14.1. The van der Waals surface area contributed by atoms with Gasteiger partial charge in [-0.25, -0.2) is 0 Å². The van der Waals surface area contributed by atoms with Crippen LogP contribution in [0.4, 0.5) is 13.2 Å². The van der Waals surface area contributed by atoms with Gasteiger partial charge < -0.3 is 4.98 Å². The Kier molecular flexibility index (Phi) is 3.63. The normalized spacial score (nSPS) is 14.7. The summed E-state index contributed by atoms with van der Waals surface area (Å²) in [4.78, 5) is 13.0. The predicted octanol–water partition coefficient (Wildman–Crippen LogP) is 4.35. The van der Waals surface area contributed by atoms with E-state index in [-0.39, 0.29) is 11.1 Å². The molecule has 0 radical (unpaired) electrons. The highest BCUT2D eigenvalue weighted by molar-refractivity contribution is 7.08. The van der Waals surface area contributed by atoms with E-state index in [0.29, 0.717) is 10.9 Å². The van der Waals surface area contributed by atoms with Gasteiger partial charge in [-0.05, 0) is 28.5 Å². The molecule has 0 unspecified atom stereocenters. The van der Waals surface area contributed by atoms with Crippen LogP contribution in [0.3, 0.4) is 0 Å². The van der Waals surface area contributed by atoms with Gasteiger partial charge in [-0.3, -0.25) is 10.1 Å². The second kappa shape index (κ2) is 5.38. The van der Waals surface area contributed by atoms with Crippen molar-refractivity contribution in [3.8, 4) is 0 Å². The summed E-state index contributed by atoms with van der Waals surface area (Å²) in [6, 6.07) is 7.77. The van der Waals surface area contributed by atoms with E-state index >= 15 is 0 Å². The van der Waals surface area contributed by atoms with E-state index < -0.39 is 23.1 Å². The van der Waals surface area contributed by atoms with Crippen LogP contribution >= 0.6 is 11.3 Å². The van der Waals surface area contributed by atoms with Crippen molar-refractivity contribution in [1.29, 1.82) is 0 Å². The van der Waals surface area contributed by atoms with Crippen molar-refractivity contribution < 1.29 is 18.1 Å². The zero-order chi connectivity index (χ0) is 16.7. The Bertz CT molecular complexity index is 842. The lowest BCUT2D eigenvalue weighted by atomic mass is 9.74. The smallest absolute Gasteiger partial charge is 0.361 e. The molecule has 8 heteroatoms. The van der Waals surface area contributed by atoms with Gasteiger partial charge in [0.1, 0.15) is 0 Å². The number of aromatic amines is 1. The number of hydrogen-bond donors (Lipinski definition) is 1. The molecule has 2 aromatic heterocycles. The van der Waals surface area contributed by atoms with Gasteiger partial charge in [0.2, 0.25) is 6.54 Å². The Morgan fingerprint density at radius 2 is 1.96 bits per heavy atom. The van der Waals surface area contributed by atoms with Gasteiger partial charge in [0.15, 0.2) is 5.41 Å². The fourth-order valence-corrected chi connectivity index (χ4v) is 3.59. The number of thiophene rings is 1. The molecule has 4 nitrogen and oxygen atoms in total. The third kappa shape index (κ3) is 2.39. The van der Waals surface area contributed by atoms with Crippen molar-refractivity contribution >= 4 is 22.2 Å². The number of fused-ring (bicyclic) bond motifs is 1. The van der Waals surface area contributed by atoms with E-state index in [2.05, 4.69) is 4.98 Å². The number of hydrogen-bond acceptors (Lipinski definition) is 3. The van der Waals surface area contributed by atoms with Crippen LogP contribution in [0, 0.1) is 10.1 Å². The van der Waals surface area contributed by atoms with Crippen LogP contribution in [0.1, 0.15) is 11.1 Å².